The van der Waals surface area contributed by atoms with Crippen LogP contribution in [-0.4, -0.2) is 15.0 Å². The van der Waals surface area contributed by atoms with Gasteiger partial charge in [-0.25, -0.2) is 15.0 Å². The lowest BCUT2D eigenvalue weighted by Gasteiger charge is -2.34. The molecule has 0 unspecified atom stereocenters. The van der Waals surface area contributed by atoms with Gasteiger partial charge in [0.25, 0.3) is 0 Å². The lowest BCUT2D eigenvalue weighted by atomic mass is 9.67. The smallest absolute Gasteiger partial charge is 0.164 e. The number of hydrogen-bond donors (Lipinski definition) is 0. The molecule has 2 heterocycles. The summed E-state index contributed by atoms with van der Waals surface area (Å²) < 4.78 is 6.91. The molecule has 11 rings (SSSR count). The molecule has 4 heteroatoms. The van der Waals surface area contributed by atoms with E-state index in [2.05, 4.69) is 146 Å². The van der Waals surface area contributed by atoms with Gasteiger partial charge in [-0.1, -0.05) is 170 Å². The van der Waals surface area contributed by atoms with Crippen molar-refractivity contribution in [3.63, 3.8) is 0 Å². The van der Waals surface area contributed by atoms with Crippen molar-refractivity contribution in [3.8, 4) is 45.3 Å². The van der Waals surface area contributed by atoms with E-state index in [-0.39, 0.29) is 0 Å². The summed E-state index contributed by atoms with van der Waals surface area (Å²) >= 11 is 0. The average molecular weight is 690 g/mol. The topological polar surface area (TPSA) is 51.8 Å². The van der Waals surface area contributed by atoms with Crippen molar-refractivity contribution in [2.75, 3.05) is 0 Å². The molecule has 0 spiro atoms. The molecule has 0 amide bonds. The van der Waals surface area contributed by atoms with Crippen molar-refractivity contribution in [1.82, 2.24) is 15.0 Å². The zero-order valence-electron chi connectivity index (χ0n) is 29.1. The maximum absolute atomic E-state index is 6.91. The molecule has 0 saturated carbocycles. The summed E-state index contributed by atoms with van der Waals surface area (Å²) in [6.45, 7) is 0. The molecule has 1 aliphatic carbocycles. The van der Waals surface area contributed by atoms with Crippen molar-refractivity contribution < 1.29 is 4.42 Å². The number of hydrogen-bond acceptors (Lipinski definition) is 4. The summed E-state index contributed by atoms with van der Waals surface area (Å²) in [5.41, 5.74) is 11.0. The summed E-state index contributed by atoms with van der Waals surface area (Å²) in [5.74, 6) is 1.86. The van der Waals surface area contributed by atoms with Gasteiger partial charge in [0.05, 0.1) is 5.41 Å². The Morgan fingerprint density at radius 2 is 0.907 bits per heavy atom. The van der Waals surface area contributed by atoms with E-state index in [0.29, 0.717) is 17.5 Å². The molecule has 0 N–H and O–H groups in total. The molecule has 10 aromatic rings. The standard InChI is InChI=1S/C50H31N3O/c1-5-17-32(18-6-1)47-51-48(33-19-7-2-8-20-33)53-49(52-47)40-31-42-44(45-37(40)29-30-38-36-25-14-16-28-43(36)54-46(38)45)39-26-13-15-27-41(39)50(42,34-21-9-3-10-22-34)35-23-11-4-12-24-35/h1-31H. The van der Waals surface area contributed by atoms with E-state index in [9.17, 15) is 0 Å². The molecule has 0 aliphatic heterocycles. The minimum absolute atomic E-state index is 0.608. The zero-order chi connectivity index (χ0) is 35.6. The predicted octanol–water partition coefficient (Wildman–Crippen LogP) is 12.3. The van der Waals surface area contributed by atoms with Crippen LogP contribution in [-0.2, 0) is 5.41 Å². The molecule has 252 valence electrons. The molecule has 54 heavy (non-hydrogen) atoms. The SMILES string of the molecule is c1ccc(-c2nc(-c3ccccc3)nc(-c3cc4c(c5c3ccc3c6ccccc6oc35)-c3ccccc3C4(c3ccccc3)c3ccccc3)n2)cc1. The van der Waals surface area contributed by atoms with Gasteiger partial charge in [-0.2, -0.15) is 0 Å². The van der Waals surface area contributed by atoms with Crippen LogP contribution in [0.3, 0.4) is 0 Å². The van der Waals surface area contributed by atoms with Gasteiger partial charge in [0.15, 0.2) is 17.5 Å². The quantitative estimate of drug-likeness (QED) is 0.180. The van der Waals surface area contributed by atoms with Gasteiger partial charge in [-0.3, -0.25) is 0 Å². The summed E-state index contributed by atoms with van der Waals surface area (Å²) in [6, 6.07) is 66.1. The minimum Gasteiger partial charge on any atom is -0.455 e. The van der Waals surface area contributed by atoms with Crippen LogP contribution in [0.2, 0.25) is 0 Å². The van der Waals surface area contributed by atoms with E-state index >= 15 is 0 Å². The van der Waals surface area contributed by atoms with Gasteiger partial charge in [0.1, 0.15) is 11.2 Å². The Morgan fingerprint density at radius 3 is 1.56 bits per heavy atom. The Morgan fingerprint density at radius 1 is 0.389 bits per heavy atom. The molecule has 2 aromatic heterocycles. The van der Waals surface area contributed by atoms with Crippen LogP contribution in [0.4, 0.5) is 0 Å². The fraction of sp³-hybridized carbons (Fsp3) is 0.0200. The highest BCUT2D eigenvalue weighted by atomic mass is 16.3. The van der Waals surface area contributed by atoms with Crippen LogP contribution in [0.1, 0.15) is 22.3 Å². The maximum Gasteiger partial charge on any atom is 0.164 e. The average Bonchev–Trinajstić information content (AvgIpc) is 3.78. The highest BCUT2D eigenvalue weighted by Gasteiger charge is 2.47. The second-order valence-electron chi connectivity index (χ2n) is 13.9. The van der Waals surface area contributed by atoms with Gasteiger partial charge >= 0.3 is 0 Å². The van der Waals surface area contributed by atoms with Gasteiger partial charge in [0, 0.05) is 32.8 Å². The number of aromatic nitrogens is 3. The van der Waals surface area contributed by atoms with Gasteiger partial charge < -0.3 is 4.42 Å². The van der Waals surface area contributed by atoms with Gasteiger partial charge in [-0.15, -0.1) is 0 Å². The Kier molecular flexibility index (Phi) is 6.73. The van der Waals surface area contributed by atoms with E-state index in [1.54, 1.807) is 0 Å². The van der Waals surface area contributed by atoms with Crippen molar-refractivity contribution in [2.24, 2.45) is 0 Å². The summed E-state index contributed by atoms with van der Waals surface area (Å²) in [7, 11) is 0. The van der Waals surface area contributed by atoms with Crippen molar-refractivity contribution in [3.05, 3.63) is 210 Å². The van der Waals surface area contributed by atoms with E-state index in [1.165, 1.54) is 33.4 Å². The molecule has 0 atom stereocenters. The lowest BCUT2D eigenvalue weighted by Crippen LogP contribution is -2.28. The van der Waals surface area contributed by atoms with Crippen LogP contribution in [0.5, 0.6) is 0 Å². The summed E-state index contributed by atoms with van der Waals surface area (Å²) in [6.07, 6.45) is 0. The van der Waals surface area contributed by atoms with Gasteiger partial charge in [-0.05, 0) is 57.0 Å². The third-order valence-electron chi connectivity index (χ3n) is 11.0. The van der Waals surface area contributed by atoms with E-state index < -0.39 is 5.41 Å². The second-order valence-corrected chi connectivity index (χ2v) is 13.9. The second kappa shape index (κ2) is 11.9. The molecule has 0 radical (unpaired) electrons. The molecule has 0 bridgehead atoms. The van der Waals surface area contributed by atoms with Gasteiger partial charge in [0.2, 0.25) is 0 Å². The number of fused-ring (bicyclic) bond motifs is 9. The first-order valence-electron chi connectivity index (χ1n) is 18.3. The van der Waals surface area contributed by atoms with Crippen LogP contribution in [0, 0.1) is 0 Å². The fourth-order valence-corrected chi connectivity index (χ4v) is 8.72. The first-order chi connectivity index (χ1) is 26.8. The third kappa shape index (κ3) is 4.40. The fourth-order valence-electron chi connectivity index (χ4n) is 8.72. The highest BCUT2D eigenvalue weighted by molar-refractivity contribution is 6.23. The Bertz CT molecular complexity index is 2930. The van der Waals surface area contributed by atoms with Crippen LogP contribution in [0.15, 0.2) is 192 Å². The molecule has 0 fully saturated rings. The van der Waals surface area contributed by atoms with Crippen LogP contribution in [0.25, 0.3) is 78.0 Å². The largest absolute Gasteiger partial charge is 0.455 e. The number of rotatable bonds is 5. The zero-order valence-corrected chi connectivity index (χ0v) is 29.1. The molecule has 1 aliphatic rings. The summed E-state index contributed by atoms with van der Waals surface area (Å²) in [5, 5.41) is 4.25. The normalized spacial score (nSPS) is 13.0. The van der Waals surface area contributed by atoms with E-state index in [0.717, 1.165) is 49.4 Å². The number of furan rings is 1. The first kappa shape index (κ1) is 30.5. The molecule has 8 aromatic carbocycles. The monoisotopic (exact) mass is 689 g/mol. The summed E-state index contributed by atoms with van der Waals surface area (Å²) in [4.78, 5) is 15.6. The molecular formula is C50H31N3O. The third-order valence-corrected chi connectivity index (χ3v) is 11.0. The van der Waals surface area contributed by atoms with E-state index in [1.807, 2.05) is 42.5 Å². The van der Waals surface area contributed by atoms with Crippen LogP contribution >= 0.6 is 0 Å². The Labute approximate surface area is 312 Å². The van der Waals surface area contributed by atoms with Crippen molar-refractivity contribution >= 4 is 32.7 Å². The van der Waals surface area contributed by atoms with Crippen molar-refractivity contribution in [2.45, 2.75) is 5.41 Å². The number of benzene rings is 8. The Hall–Kier alpha value is -7.17. The van der Waals surface area contributed by atoms with E-state index in [4.69, 9.17) is 19.4 Å². The first-order valence-corrected chi connectivity index (χ1v) is 18.3. The van der Waals surface area contributed by atoms with Crippen LogP contribution < -0.4 is 0 Å². The molecule has 0 saturated heterocycles. The highest BCUT2D eigenvalue weighted by Crippen LogP contribution is 2.59. The Balaban J connectivity index is 1.34. The number of nitrogens with zero attached hydrogens (tertiary/aromatic N) is 3. The number of para-hydroxylation sites is 1. The minimum atomic E-state index is -0.636. The molecule has 4 nitrogen and oxygen atoms in total. The maximum atomic E-state index is 6.91. The van der Waals surface area contributed by atoms with Crippen molar-refractivity contribution in [1.29, 1.82) is 0 Å². The predicted molar refractivity (Wildman–Crippen MR) is 218 cm³/mol. The molecular weight excluding hydrogens is 659 g/mol. The lowest BCUT2D eigenvalue weighted by molar-refractivity contribution is 0.672.